The number of amides is 1. The molecule has 0 aromatic carbocycles. The first-order valence-electron chi connectivity index (χ1n) is 5.29. The van der Waals surface area contributed by atoms with E-state index >= 15 is 0 Å². The smallest absolute Gasteiger partial charge is 0.267 e. The first-order chi connectivity index (χ1) is 7.54. The predicted octanol–water partition coefficient (Wildman–Crippen LogP) is 1.37. The summed E-state index contributed by atoms with van der Waals surface area (Å²) < 4.78 is 2.73. The fourth-order valence-corrected chi connectivity index (χ4v) is 2.05. The summed E-state index contributed by atoms with van der Waals surface area (Å²) in [5.41, 5.74) is 0.670. The molecular formula is C11H18BrN3O. The molecule has 16 heavy (non-hydrogen) atoms. The molecular weight excluding hydrogens is 270 g/mol. The van der Waals surface area contributed by atoms with Gasteiger partial charge in [-0.25, -0.2) is 0 Å². The molecule has 0 bridgehead atoms. The van der Waals surface area contributed by atoms with E-state index in [0.29, 0.717) is 18.2 Å². The van der Waals surface area contributed by atoms with E-state index in [0.717, 1.165) is 11.0 Å². The summed E-state index contributed by atoms with van der Waals surface area (Å²) in [5, 5.41) is 6.00. The van der Waals surface area contributed by atoms with Crippen molar-refractivity contribution in [3.05, 3.63) is 22.4 Å². The molecule has 1 aromatic heterocycles. The third kappa shape index (κ3) is 3.64. The average Bonchev–Trinajstić information content (AvgIpc) is 2.55. The highest BCUT2D eigenvalue weighted by Crippen LogP contribution is 2.13. The highest BCUT2D eigenvalue weighted by molar-refractivity contribution is 9.10. The average molecular weight is 288 g/mol. The van der Waals surface area contributed by atoms with Crippen LogP contribution < -0.4 is 10.6 Å². The van der Waals surface area contributed by atoms with Gasteiger partial charge in [-0.3, -0.25) is 4.79 Å². The Bertz CT molecular complexity index is 362. The van der Waals surface area contributed by atoms with E-state index < -0.39 is 0 Å². The summed E-state index contributed by atoms with van der Waals surface area (Å²) in [6.45, 7) is 3.68. The Morgan fingerprint density at radius 1 is 1.56 bits per heavy atom. The monoisotopic (exact) mass is 287 g/mol. The van der Waals surface area contributed by atoms with Gasteiger partial charge >= 0.3 is 0 Å². The molecule has 0 spiro atoms. The molecule has 1 aromatic rings. The lowest BCUT2D eigenvalue weighted by molar-refractivity contribution is 0.0940. The summed E-state index contributed by atoms with van der Waals surface area (Å²) in [4.78, 5) is 11.8. The van der Waals surface area contributed by atoms with Gasteiger partial charge in [0.05, 0.1) is 0 Å². The zero-order chi connectivity index (χ0) is 12.1. The van der Waals surface area contributed by atoms with Crippen molar-refractivity contribution in [2.75, 3.05) is 20.1 Å². The van der Waals surface area contributed by atoms with Crippen LogP contribution in [0.5, 0.6) is 0 Å². The number of halogens is 1. The lowest BCUT2D eigenvalue weighted by atomic mass is 10.2. The van der Waals surface area contributed by atoms with Crippen LogP contribution >= 0.6 is 15.9 Å². The zero-order valence-corrected chi connectivity index (χ0v) is 11.5. The lowest BCUT2D eigenvalue weighted by Crippen LogP contribution is -2.33. The number of hydrogen-bond donors (Lipinski definition) is 2. The van der Waals surface area contributed by atoms with Gasteiger partial charge in [-0.05, 0) is 41.5 Å². The van der Waals surface area contributed by atoms with E-state index in [4.69, 9.17) is 0 Å². The maximum absolute atomic E-state index is 11.8. The molecule has 0 aliphatic carbocycles. The van der Waals surface area contributed by atoms with Gasteiger partial charge in [0.2, 0.25) is 0 Å². The minimum Gasteiger partial charge on any atom is -0.350 e. The molecule has 1 unspecified atom stereocenters. The molecule has 1 atom stereocenters. The minimum atomic E-state index is -0.0313. The second-order valence-electron chi connectivity index (χ2n) is 4.03. The van der Waals surface area contributed by atoms with Gasteiger partial charge in [-0.1, -0.05) is 6.92 Å². The van der Waals surface area contributed by atoms with Crippen molar-refractivity contribution in [2.24, 2.45) is 13.0 Å². The van der Waals surface area contributed by atoms with Crippen molar-refractivity contribution in [3.8, 4) is 0 Å². The van der Waals surface area contributed by atoms with Gasteiger partial charge in [0.25, 0.3) is 5.91 Å². The van der Waals surface area contributed by atoms with E-state index in [1.54, 1.807) is 0 Å². The van der Waals surface area contributed by atoms with Crippen LogP contribution in [0.2, 0.25) is 0 Å². The molecule has 4 nitrogen and oxygen atoms in total. The number of carbonyl (C=O) groups is 1. The maximum Gasteiger partial charge on any atom is 0.267 e. The third-order valence-electron chi connectivity index (χ3n) is 2.37. The zero-order valence-electron chi connectivity index (χ0n) is 9.88. The molecule has 0 radical (unpaired) electrons. The van der Waals surface area contributed by atoms with Crippen molar-refractivity contribution >= 4 is 21.8 Å². The molecule has 0 saturated heterocycles. The summed E-state index contributed by atoms with van der Waals surface area (Å²) >= 11 is 3.35. The normalized spacial score (nSPS) is 12.5. The quantitative estimate of drug-likeness (QED) is 0.859. The predicted molar refractivity (Wildman–Crippen MR) is 68.5 cm³/mol. The first kappa shape index (κ1) is 13.3. The van der Waals surface area contributed by atoms with Crippen LogP contribution in [-0.2, 0) is 7.05 Å². The summed E-state index contributed by atoms with van der Waals surface area (Å²) in [6.07, 6.45) is 1.87. The van der Waals surface area contributed by atoms with Gasteiger partial charge in [0.1, 0.15) is 5.69 Å². The highest BCUT2D eigenvalue weighted by atomic mass is 79.9. The molecule has 0 aliphatic rings. The van der Waals surface area contributed by atoms with Gasteiger partial charge < -0.3 is 15.2 Å². The van der Waals surface area contributed by atoms with Crippen LogP contribution in [0, 0.1) is 5.92 Å². The van der Waals surface area contributed by atoms with Crippen LogP contribution in [0.4, 0.5) is 0 Å². The Labute approximate surface area is 105 Å². The van der Waals surface area contributed by atoms with Crippen molar-refractivity contribution < 1.29 is 4.79 Å². The number of aromatic nitrogens is 1. The van der Waals surface area contributed by atoms with Gasteiger partial charge in [-0.15, -0.1) is 0 Å². The number of nitrogens with one attached hydrogen (secondary N) is 2. The van der Waals surface area contributed by atoms with Crippen molar-refractivity contribution in [1.29, 1.82) is 0 Å². The van der Waals surface area contributed by atoms with Crippen LogP contribution in [0.1, 0.15) is 17.4 Å². The van der Waals surface area contributed by atoms with E-state index in [-0.39, 0.29) is 5.91 Å². The Kier molecular flexibility index (Phi) is 5.02. The van der Waals surface area contributed by atoms with Crippen LogP contribution in [-0.4, -0.2) is 30.6 Å². The minimum absolute atomic E-state index is 0.0313. The Balaban J connectivity index is 2.50. The SMILES string of the molecule is CNCC(C)CNC(=O)c1cc(Br)cn1C. The lowest BCUT2D eigenvalue weighted by Gasteiger charge is -2.12. The van der Waals surface area contributed by atoms with Crippen LogP contribution in [0.15, 0.2) is 16.7 Å². The molecule has 1 heterocycles. The first-order valence-corrected chi connectivity index (χ1v) is 6.08. The number of hydrogen-bond acceptors (Lipinski definition) is 2. The number of carbonyl (C=O) groups excluding carboxylic acids is 1. The number of aryl methyl sites for hydroxylation is 1. The molecule has 5 heteroatoms. The standard InChI is InChI=1S/C11H18BrN3O/c1-8(5-13-2)6-14-11(16)10-4-9(12)7-15(10)3/h4,7-8,13H,5-6H2,1-3H3,(H,14,16). The fraction of sp³-hybridized carbons (Fsp3) is 0.545. The molecule has 2 N–H and O–H groups in total. The molecule has 0 saturated carbocycles. The van der Waals surface area contributed by atoms with Gasteiger partial charge in [0.15, 0.2) is 0 Å². The molecule has 0 fully saturated rings. The second-order valence-corrected chi connectivity index (χ2v) is 4.94. The van der Waals surface area contributed by atoms with E-state index in [2.05, 4.69) is 33.5 Å². The Morgan fingerprint density at radius 3 is 2.75 bits per heavy atom. The van der Waals surface area contributed by atoms with Gasteiger partial charge in [-0.2, -0.15) is 0 Å². The summed E-state index contributed by atoms with van der Waals surface area (Å²) in [6, 6.07) is 1.82. The van der Waals surface area contributed by atoms with Crippen LogP contribution in [0.3, 0.4) is 0 Å². The topological polar surface area (TPSA) is 46.1 Å². The summed E-state index contributed by atoms with van der Waals surface area (Å²) in [7, 11) is 3.77. The van der Waals surface area contributed by atoms with E-state index in [1.165, 1.54) is 0 Å². The molecule has 90 valence electrons. The van der Waals surface area contributed by atoms with E-state index in [9.17, 15) is 4.79 Å². The van der Waals surface area contributed by atoms with Crippen LogP contribution in [0.25, 0.3) is 0 Å². The fourth-order valence-electron chi connectivity index (χ4n) is 1.53. The Morgan fingerprint density at radius 2 is 2.25 bits per heavy atom. The van der Waals surface area contributed by atoms with Crippen molar-refractivity contribution in [1.82, 2.24) is 15.2 Å². The molecule has 0 aliphatic heterocycles. The van der Waals surface area contributed by atoms with Crippen molar-refractivity contribution in [2.45, 2.75) is 6.92 Å². The highest BCUT2D eigenvalue weighted by Gasteiger charge is 2.11. The van der Waals surface area contributed by atoms with E-state index in [1.807, 2.05) is 30.9 Å². The third-order valence-corrected chi connectivity index (χ3v) is 2.80. The summed E-state index contributed by atoms with van der Waals surface area (Å²) in [5.74, 6) is 0.397. The second kappa shape index (κ2) is 6.06. The number of nitrogens with zero attached hydrogens (tertiary/aromatic N) is 1. The molecule has 1 amide bonds. The van der Waals surface area contributed by atoms with Crippen molar-refractivity contribution in [3.63, 3.8) is 0 Å². The largest absolute Gasteiger partial charge is 0.350 e. The van der Waals surface area contributed by atoms with Gasteiger partial charge in [0, 0.05) is 24.3 Å². The molecule has 1 rings (SSSR count). The Hall–Kier alpha value is -0.810. The number of rotatable bonds is 5. The maximum atomic E-state index is 11.8.